The van der Waals surface area contributed by atoms with Crippen LogP contribution in [0.15, 0.2) is 23.0 Å². The molecule has 24 nitrogen and oxygen atoms in total. The van der Waals surface area contributed by atoms with E-state index in [4.69, 9.17) is 0 Å². The third-order valence-electron chi connectivity index (χ3n) is 15.6. The number of thioether (sulfide) groups is 2. The highest BCUT2D eigenvalue weighted by atomic mass is 32.2. The van der Waals surface area contributed by atoms with Crippen LogP contribution in [0, 0.1) is 0 Å². The van der Waals surface area contributed by atoms with Crippen molar-refractivity contribution in [2.24, 2.45) is 0 Å². The van der Waals surface area contributed by atoms with Gasteiger partial charge in [-0.05, 0) is 10.8 Å². The molecule has 1 aliphatic heterocycles. The van der Waals surface area contributed by atoms with Crippen LogP contribution in [-0.2, 0) is 76.7 Å². The molecular formula is C65H102N8O16S2. The van der Waals surface area contributed by atoms with E-state index in [1.165, 1.54) is 75.9 Å². The van der Waals surface area contributed by atoms with E-state index in [9.17, 15) is 76.7 Å². The fourth-order valence-corrected chi connectivity index (χ4v) is 10.5. The molecule has 0 aromatic heterocycles. The molecule has 0 saturated carbocycles. The van der Waals surface area contributed by atoms with Gasteiger partial charge in [0.1, 0.15) is 46.3 Å². The van der Waals surface area contributed by atoms with Crippen molar-refractivity contribution in [1.82, 2.24) is 39.4 Å². The SMILES string of the molecule is CCC(=O)CCN(CCC(=O)CC)C(=O)CCN(CCC(=O)N(CCC(=O)CC)CCC(=O)CC)C(=O)CCN1C(=O)C=CSCSC=CC(=O)N1CCC(=O)N(CCC(=O)N(CCC(=O)CC)CCC(=O)CC)CCC(=O)N(CCC(=O)CC)CCC(=O)CC. The van der Waals surface area contributed by atoms with Crippen LogP contribution in [0.2, 0.25) is 0 Å². The van der Waals surface area contributed by atoms with Crippen LogP contribution >= 0.6 is 23.5 Å². The number of ketones is 8. The minimum atomic E-state index is -0.754. The van der Waals surface area contributed by atoms with Crippen molar-refractivity contribution in [3.05, 3.63) is 23.0 Å². The first-order valence-electron chi connectivity index (χ1n) is 32.4. The summed E-state index contributed by atoms with van der Waals surface area (Å²) in [6, 6.07) is 0. The zero-order valence-electron chi connectivity index (χ0n) is 55.4. The predicted octanol–water partition coefficient (Wildman–Crippen LogP) is 6.29. The van der Waals surface area contributed by atoms with Crippen LogP contribution in [0.4, 0.5) is 0 Å². The lowest BCUT2D eigenvalue weighted by Crippen LogP contribution is -2.51. The Morgan fingerprint density at radius 2 is 0.451 bits per heavy atom. The van der Waals surface area contributed by atoms with Crippen molar-refractivity contribution in [2.75, 3.05) is 96.7 Å². The van der Waals surface area contributed by atoms with E-state index in [0.717, 1.165) is 10.0 Å². The van der Waals surface area contributed by atoms with Crippen LogP contribution in [0.1, 0.15) is 197 Å². The van der Waals surface area contributed by atoms with Gasteiger partial charge >= 0.3 is 0 Å². The largest absolute Gasteiger partial charge is 0.342 e. The van der Waals surface area contributed by atoms with Gasteiger partial charge in [-0.2, -0.15) is 0 Å². The normalized spacial score (nSPS) is 12.4. The van der Waals surface area contributed by atoms with Crippen LogP contribution < -0.4 is 0 Å². The van der Waals surface area contributed by atoms with Gasteiger partial charge in [0.15, 0.2) is 0 Å². The Morgan fingerprint density at radius 1 is 0.286 bits per heavy atom. The highest BCUT2D eigenvalue weighted by Crippen LogP contribution is 2.19. The molecule has 0 spiro atoms. The summed E-state index contributed by atoms with van der Waals surface area (Å²) in [7, 11) is 0. The summed E-state index contributed by atoms with van der Waals surface area (Å²) in [5.41, 5.74) is 0. The number of rotatable bonds is 50. The van der Waals surface area contributed by atoms with Gasteiger partial charge in [-0.15, -0.1) is 23.5 Å². The molecule has 0 aliphatic carbocycles. The zero-order valence-corrected chi connectivity index (χ0v) is 57.0. The molecule has 91 heavy (non-hydrogen) atoms. The van der Waals surface area contributed by atoms with E-state index in [0.29, 0.717) is 5.08 Å². The molecule has 0 bridgehead atoms. The van der Waals surface area contributed by atoms with E-state index in [-0.39, 0.29) is 253 Å². The molecule has 26 heteroatoms. The van der Waals surface area contributed by atoms with Crippen molar-refractivity contribution in [1.29, 1.82) is 0 Å². The minimum Gasteiger partial charge on any atom is -0.342 e. The van der Waals surface area contributed by atoms with Crippen molar-refractivity contribution < 1.29 is 76.7 Å². The fourth-order valence-electron chi connectivity index (χ4n) is 9.14. The van der Waals surface area contributed by atoms with E-state index in [2.05, 4.69) is 0 Å². The molecule has 0 fully saturated rings. The molecule has 0 aromatic carbocycles. The van der Waals surface area contributed by atoms with Gasteiger partial charge in [0, 0.05) is 237 Å². The second kappa shape index (κ2) is 48.1. The molecule has 1 heterocycles. The van der Waals surface area contributed by atoms with E-state index in [1.807, 2.05) is 0 Å². The number of carbonyl (C=O) groups is 16. The van der Waals surface area contributed by atoms with Crippen molar-refractivity contribution >= 4 is 117 Å². The molecule has 510 valence electrons. The lowest BCUT2D eigenvalue weighted by molar-refractivity contribution is -0.159. The lowest BCUT2D eigenvalue weighted by atomic mass is 10.1. The standard InChI is InChI=1S/C65H102N8O16S2/c1-9-50(74)17-33-66(34-18-51(75)10-2)58(82)25-41-70(42-26-59(83)67(35-19-52(76)11-3)36-20-53(77)12-4)62(86)29-45-72-64(88)31-47-90-49-91-48-32-65(89)73(72)46-30-63(87)71(43-27-60(84)68(37-21-54(78)13-5)38-22-55(79)14-6)44-28-61(85)69(39-23-56(80)15-7)40-24-57(81)16-8/h31-32,47-48H,9-30,33-46,49H2,1-8H3. The van der Waals surface area contributed by atoms with Gasteiger partial charge in [0.05, 0.1) is 13.1 Å². The summed E-state index contributed by atoms with van der Waals surface area (Å²) in [5, 5.41) is 5.44. The number of hydrogen-bond donors (Lipinski definition) is 0. The highest BCUT2D eigenvalue weighted by Gasteiger charge is 2.30. The predicted molar refractivity (Wildman–Crippen MR) is 348 cm³/mol. The third kappa shape index (κ3) is 35.1. The maximum atomic E-state index is 14.7. The van der Waals surface area contributed by atoms with Crippen LogP contribution in [0.25, 0.3) is 0 Å². The fraction of sp³-hybridized carbons (Fsp3) is 0.692. The summed E-state index contributed by atoms with van der Waals surface area (Å²) in [6.07, 6.45) is 2.41. The summed E-state index contributed by atoms with van der Waals surface area (Å²) in [5.74, 6) is -5.52. The summed E-state index contributed by atoms with van der Waals surface area (Å²) in [6.45, 7) is 11.8. The Kier molecular flexibility index (Phi) is 43.5. The molecule has 8 amide bonds. The number of amides is 8. The third-order valence-corrected chi connectivity index (χ3v) is 17.3. The maximum absolute atomic E-state index is 14.7. The summed E-state index contributed by atoms with van der Waals surface area (Å²) < 4.78 is 0. The molecule has 1 rings (SSSR count). The van der Waals surface area contributed by atoms with E-state index in [1.54, 1.807) is 55.4 Å². The van der Waals surface area contributed by atoms with Crippen LogP contribution in [0.3, 0.4) is 0 Å². The van der Waals surface area contributed by atoms with Gasteiger partial charge < -0.3 is 29.4 Å². The molecule has 1 aliphatic rings. The molecule has 0 radical (unpaired) electrons. The van der Waals surface area contributed by atoms with Crippen LogP contribution in [0.5, 0.6) is 0 Å². The summed E-state index contributed by atoms with van der Waals surface area (Å²) >= 11 is 2.50. The quantitative estimate of drug-likeness (QED) is 0.0646. The minimum absolute atomic E-state index is 0.0272. The first kappa shape index (κ1) is 82.3. The monoisotopic (exact) mass is 1310 g/mol. The smallest absolute Gasteiger partial charge is 0.265 e. The number of hydrazine groups is 1. The molecule has 0 unspecified atom stereocenters. The lowest BCUT2D eigenvalue weighted by Gasteiger charge is -2.35. The molecule has 0 saturated heterocycles. The highest BCUT2D eigenvalue weighted by molar-refractivity contribution is 8.18. The van der Waals surface area contributed by atoms with Gasteiger partial charge in [0.2, 0.25) is 35.4 Å². The number of Topliss-reactive ketones (excluding diaryl/α,β-unsaturated/α-hetero) is 8. The van der Waals surface area contributed by atoms with E-state index >= 15 is 0 Å². The number of hydrogen-bond acceptors (Lipinski definition) is 18. The Morgan fingerprint density at radius 3 is 0.626 bits per heavy atom. The Bertz CT molecular complexity index is 2170. The van der Waals surface area contributed by atoms with Gasteiger partial charge in [-0.25, -0.2) is 10.0 Å². The first-order valence-corrected chi connectivity index (χ1v) is 34.5. The summed E-state index contributed by atoms with van der Waals surface area (Å²) in [4.78, 5) is 221. The van der Waals surface area contributed by atoms with E-state index < -0.39 is 73.2 Å². The Balaban J connectivity index is 3.89. The van der Waals surface area contributed by atoms with Crippen LogP contribution in [-0.4, -0.2) is 230 Å². The van der Waals surface area contributed by atoms with Gasteiger partial charge in [-0.3, -0.25) is 76.7 Å². The van der Waals surface area contributed by atoms with Crippen molar-refractivity contribution in [3.8, 4) is 0 Å². The topological polar surface area (TPSA) is 299 Å². The maximum Gasteiger partial charge on any atom is 0.265 e. The Hall–Kier alpha value is -6.70. The second-order valence-electron chi connectivity index (χ2n) is 21.9. The molecule has 0 N–H and O–H groups in total. The van der Waals surface area contributed by atoms with Gasteiger partial charge in [0.25, 0.3) is 11.8 Å². The average molecular weight is 1320 g/mol. The zero-order chi connectivity index (χ0) is 68.3. The Labute approximate surface area is 547 Å². The molecule has 0 aromatic rings. The van der Waals surface area contributed by atoms with Crippen molar-refractivity contribution in [3.63, 3.8) is 0 Å². The average Bonchev–Trinajstić information content (AvgIpc) is 3.77. The molecular weight excluding hydrogens is 1210 g/mol. The first-order chi connectivity index (χ1) is 43.4. The number of carbonyl (C=O) groups excluding carboxylic acids is 16. The van der Waals surface area contributed by atoms with Crippen molar-refractivity contribution in [2.45, 2.75) is 197 Å². The second-order valence-corrected chi connectivity index (χ2v) is 24.1. The van der Waals surface area contributed by atoms with Gasteiger partial charge in [-0.1, -0.05) is 55.4 Å². The number of nitrogens with zero attached hydrogens (tertiary/aromatic N) is 8. The molecule has 0 atom stereocenters.